The summed E-state index contributed by atoms with van der Waals surface area (Å²) in [6.45, 7) is 0.949. The van der Waals surface area contributed by atoms with Gasteiger partial charge < -0.3 is 10.1 Å². The molecule has 0 saturated carbocycles. The number of carbonyl (C=O) groups is 1. The molecule has 1 amide bonds. The highest BCUT2D eigenvalue weighted by Gasteiger charge is 2.14. The van der Waals surface area contributed by atoms with Gasteiger partial charge in [0.05, 0.1) is 0 Å². The molecule has 1 rings (SSSR count). The summed E-state index contributed by atoms with van der Waals surface area (Å²) in [6, 6.07) is 0. The molecule has 0 aromatic carbocycles. The Morgan fingerprint density at radius 2 is 2.46 bits per heavy atom. The summed E-state index contributed by atoms with van der Waals surface area (Å²) in [7, 11) is 1.53. The number of rotatable bonds is 4. The third kappa shape index (κ3) is 4.78. The van der Waals surface area contributed by atoms with Crippen molar-refractivity contribution in [2.75, 3.05) is 37.5 Å². The maximum Gasteiger partial charge on any atom is 0.246 e. The van der Waals surface area contributed by atoms with Crippen molar-refractivity contribution in [3.8, 4) is 0 Å². The van der Waals surface area contributed by atoms with Gasteiger partial charge in [0.1, 0.15) is 6.61 Å². The van der Waals surface area contributed by atoms with Crippen LogP contribution < -0.4 is 5.32 Å². The molecule has 13 heavy (non-hydrogen) atoms. The van der Waals surface area contributed by atoms with E-state index in [9.17, 15) is 4.79 Å². The van der Waals surface area contributed by atoms with Gasteiger partial charge >= 0.3 is 0 Å². The van der Waals surface area contributed by atoms with E-state index in [2.05, 4.69) is 5.32 Å². The Morgan fingerprint density at radius 1 is 1.62 bits per heavy atom. The summed E-state index contributed by atoms with van der Waals surface area (Å²) in [5, 5.41) is 3.44. The monoisotopic (exact) mass is 221 g/mol. The van der Waals surface area contributed by atoms with Gasteiger partial charge in [-0.05, 0) is 0 Å². The Hall–Kier alpha value is 0.130. The number of methoxy groups -OCH3 is 1. The van der Waals surface area contributed by atoms with Crippen LogP contribution in [0.2, 0.25) is 0 Å². The summed E-state index contributed by atoms with van der Waals surface area (Å²) in [6.07, 6.45) is 0. The van der Waals surface area contributed by atoms with Gasteiger partial charge in [-0.2, -0.15) is 23.5 Å². The van der Waals surface area contributed by atoms with Gasteiger partial charge in [-0.3, -0.25) is 4.79 Å². The Morgan fingerprint density at radius 3 is 3.08 bits per heavy atom. The largest absolute Gasteiger partial charge is 0.375 e. The smallest absolute Gasteiger partial charge is 0.246 e. The van der Waals surface area contributed by atoms with Gasteiger partial charge in [-0.1, -0.05) is 0 Å². The zero-order valence-corrected chi connectivity index (χ0v) is 9.38. The molecule has 0 aliphatic carbocycles. The van der Waals surface area contributed by atoms with Crippen LogP contribution in [-0.4, -0.2) is 48.7 Å². The van der Waals surface area contributed by atoms with Crippen molar-refractivity contribution in [3.05, 3.63) is 0 Å². The molecule has 0 radical (unpaired) electrons. The van der Waals surface area contributed by atoms with Gasteiger partial charge in [0, 0.05) is 36.2 Å². The quantitative estimate of drug-likeness (QED) is 0.754. The molecule has 1 saturated heterocycles. The van der Waals surface area contributed by atoms with Crippen LogP contribution in [0.1, 0.15) is 0 Å². The van der Waals surface area contributed by atoms with Crippen LogP contribution in [0, 0.1) is 0 Å². The number of hydrogen-bond donors (Lipinski definition) is 1. The highest BCUT2D eigenvalue weighted by Crippen LogP contribution is 2.23. The molecule has 1 atom stereocenters. The first-order valence-electron chi connectivity index (χ1n) is 4.28. The third-order valence-electron chi connectivity index (χ3n) is 1.69. The highest BCUT2D eigenvalue weighted by molar-refractivity contribution is 8.06. The second-order valence-corrected chi connectivity index (χ2v) is 5.36. The predicted octanol–water partition coefficient (Wildman–Crippen LogP) is 0.598. The Balaban J connectivity index is 2.06. The predicted molar refractivity (Wildman–Crippen MR) is 58.5 cm³/mol. The summed E-state index contributed by atoms with van der Waals surface area (Å²) in [5.74, 6) is 3.58. The first kappa shape index (κ1) is 11.2. The van der Waals surface area contributed by atoms with Crippen LogP contribution >= 0.6 is 23.5 Å². The number of hydrogen-bond acceptors (Lipinski definition) is 4. The molecule has 1 heterocycles. The molecule has 0 bridgehead atoms. The van der Waals surface area contributed by atoms with Crippen LogP contribution in [0.5, 0.6) is 0 Å². The van der Waals surface area contributed by atoms with Crippen molar-refractivity contribution >= 4 is 29.4 Å². The van der Waals surface area contributed by atoms with E-state index in [1.54, 1.807) is 0 Å². The van der Waals surface area contributed by atoms with E-state index in [-0.39, 0.29) is 12.5 Å². The Labute approximate surface area is 87.4 Å². The molecule has 5 heteroatoms. The van der Waals surface area contributed by atoms with E-state index >= 15 is 0 Å². The molecular weight excluding hydrogens is 206 g/mol. The lowest BCUT2D eigenvalue weighted by molar-refractivity contribution is -0.124. The maximum atomic E-state index is 11.0. The third-order valence-corrected chi connectivity index (χ3v) is 4.53. The van der Waals surface area contributed by atoms with E-state index in [4.69, 9.17) is 4.74 Å². The number of ether oxygens (including phenoxy) is 1. The second kappa shape index (κ2) is 6.56. The Bertz CT molecular complexity index is 160. The number of thioether (sulfide) groups is 2. The lowest BCUT2D eigenvalue weighted by Crippen LogP contribution is -2.35. The van der Waals surface area contributed by atoms with Crippen LogP contribution in [0.15, 0.2) is 0 Å². The minimum Gasteiger partial charge on any atom is -0.375 e. The molecule has 1 aliphatic rings. The van der Waals surface area contributed by atoms with Crippen molar-refractivity contribution in [1.82, 2.24) is 5.32 Å². The molecule has 0 spiro atoms. The lowest BCUT2D eigenvalue weighted by Gasteiger charge is -2.20. The summed E-state index contributed by atoms with van der Waals surface area (Å²) >= 11 is 3.91. The number of carbonyl (C=O) groups excluding carboxylic acids is 1. The number of amides is 1. The van der Waals surface area contributed by atoms with Crippen molar-refractivity contribution in [2.24, 2.45) is 0 Å². The topological polar surface area (TPSA) is 38.3 Å². The maximum absolute atomic E-state index is 11.0. The summed E-state index contributed by atoms with van der Waals surface area (Å²) in [4.78, 5) is 11.0. The molecular formula is C8H15NO2S2. The minimum atomic E-state index is -0.0151. The van der Waals surface area contributed by atoms with Gasteiger partial charge in [0.25, 0.3) is 0 Å². The summed E-state index contributed by atoms with van der Waals surface area (Å²) in [5.41, 5.74) is 0. The molecule has 1 aliphatic heterocycles. The fraction of sp³-hybridized carbons (Fsp3) is 0.875. The standard InChI is InChI=1S/C8H15NO2S2/c1-11-5-8(10)9-4-7-6-12-2-3-13-7/h7H,2-6H2,1H3,(H,9,10). The molecule has 3 nitrogen and oxygen atoms in total. The van der Waals surface area contributed by atoms with E-state index in [0.29, 0.717) is 5.25 Å². The molecule has 1 N–H and O–H groups in total. The van der Waals surface area contributed by atoms with E-state index in [1.165, 1.54) is 18.6 Å². The summed E-state index contributed by atoms with van der Waals surface area (Å²) < 4.78 is 4.72. The second-order valence-electron chi connectivity index (χ2n) is 2.80. The first-order valence-corrected chi connectivity index (χ1v) is 6.48. The van der Waals surface area contributed by atoms with Crippen molar-refractivity contribution in [2.45, 2.75) is 5.25 Å². The van der Waals surface area contributed by atoms with E-state index < -0.39 is 0 Å². The van der Waals surface area contributed by atoms with Crippen molar-refractivity contribution in [3.63, 3.8) is 0 Å². The first-order chi connectivity index (χ1) is 6.33. The number of nitrogens with one attached hydrogen (secondary N) is 1. The van der Waals surface area contributed by atoms with E-state index in [1.807, 2.05) is 23.5 Å². The minimum absolute atomic E-state index is 0.0151. The van der Waals surface area contributed by atoms with Crippen molar-refractivity contribution < 1.29 is 9.53 Å². The van der Waals surface area contributed by atoms with Crippen LogP contribution in [0.3, 0.4) is 0 Å². The SMILES string of the molecule is COCC(=O)NCC1CSCCS1. The molecule has 0 aromatic heterocycles. The normalized spacial score (nSPS) is 22.7. The van der Waals surface area contributed by atoms with E-state index in [0.717, 1.165) is 12.3 Å². The van der Waals surface area contributed by atoms with Gasteiger partial charge in [0.15, 0.2) is 0 Å². The van der Waals surface area contributed by atoms with Crippen molar-refractivity contribution in [1.29, 1.82) is 0 Å². The van der Waals surface area contributed by atoms with Crippen LogP contribution in [0.25, 0.3) is 0 Å². The highest BCUT2D eigenvalue weighted by atomic mass is 32.2. The molecule has 1 unspecified atom stereocenters. The van der Waals surface area contributed by atoms with Gasteiger partial charge in [0.2, 0.25) is 5.91 Å². The lowest BCUT2D eigenvalue weighted by atomic mass is 10.4. The zero-order chi connectivity index (χ0) is 9.52. The van der Waals surface area contributed by atoms with Gasteiger partial charge in [-0.15, -0.1) is 0 Å². The Kier molecular flexibility index (Phi) is 5.66. The van der Waals surface area contributed by atoms with Crippen LogP contribution in [0.4, 0.5) is 0 Å². The average molecular weight is 221 g/mol. The zero-order valence-electron chi connectivity index (χ0n) is 7.75. The van der Waals surface area contributed by atoms with Gasteiger partial charge in [-0.25, -0.2) is 0 Å². The molecule has 1 fully saturated rings. The molecule has 76 valence electrons. The van der Waals surface area contributed by atoms with Crippen LogP contribution in [-0.2, 0) is 9.53 Å². The average Bonchev–Trinajstić information content (AvgIpc) is 2.17. The molecule has 0 aromatic rings. The fourth-order valence-corrected chi connectivity index (χ4v) is 3.68. The fourth-order valence-electron chi connectivity index (χ4n) is 1.06.